The van der Waals surface area contributed by atoms with Gasteiger partial charge in [0.15, 0.2) is 0 Å². The molecule has 0 spiro atoms. The maximum atomic E-state index is 11.5. The molecule has 0 N–H and O–H groups in total. The SMILES string of the molecule is COC(=O)c1c(Cl)n(C)c2ncccc12. The second kappa shape index (κ2) is 3.55. The molecule has 0 radical (unpaired) electrons. The number of nitrogens with zero attached hydrogens (tertiary/aromatic N) is 2. The van der Waals surface area contributed by atoms with Gasteiger partial charge in [-0.25, -0.2) is 9.78 Å². The van der Waals surface area contributed by atoms with Crippen LogP contribution in [0, 0.1) is 0 Å². The average Bonchev–Trinajstić information content (AvgIpc) is 2.52. The summed E-state index contributed by atoms with van der Waals surface area (Å²) in [5.74, 6) is -0.446. The number of aromatic nitrogens is 2. The molecular weight excluding hydrogens is 216 g/mol. The Hall–Kier alpha value is -1.55. The first-order valence-electron chi connectivity index (χ1n) is 4.34. The van der Waals surface area contributed by atoms with E-state index < -0.39 is 5.97 Å². The minimum Gasteiger partial charge on any atom is -0.465 e. The predicted molar refractivity (Wildman–Crippen MR) is 57.1 cm³/mol. The van der Waals surface area contributed by atoms with Gasteiger partial charge in [0.25, 0.3) is 0 Å². The summed E-state index contributed by atoms with van der Waals surface area (Å²) < 4.78 is 6.33. The van der Waals surface area contributed by atoms with E-state index in [-0.39, 0.29) is 0 Å². The van der Waals surface area contributed by atoms with Crippen molar-refractivity contribution in [3.05, 3.63) is 29.0 Å². The van der Waals surface area contributed by atoms with Crippen molar-refractivity contribution < 1.29 is 9.53 Å². The number of fused-ring (bicyclic) bond motifs is 1. The van der Waals surface area contributed by atoms with Crippen molar-refractivity contribution in [3.63, 3.8) is 0 Å². The van der Waals surface area contributed by atoms with Gasteiger partial charge in [-0.05, 0) is 12.1 Å². The number of carbonyl (C=O) groups is 1. The van der Waals surface area contributed by atoms with Gasteiger partial charge in [0.05, 0.1) is 7.11 Å². The highest BCUT2D eigenvalue weighted by atomic mass is 35.5. The van der Waals surface area contributed by atoms with E-state index in [2.05, 4.69) is 9.72 Å². The molecule has 5 heteroatoms. The summed E-state index contributed by atoms with van der Waals surface area (Å²) in [4.78, 5) is 15.7. The van der Waals surface area contributed by atoms with E-state index in [1.807, 2.05) is 0 Å². The third-order valence-corrected chi connectivity index (χ3v) is 2.71. The fourth-order valence-electron chi connectivity index (χ4n) is 1.53. The second-order valence-corrected chi connectivity index (χ2v) is 3.45. The normalized spacial score (nSPS) is 10.6. The first kappa shape index (κ1) is 9.98. The molecule has 0 bridgehead atoms. The highest BCUT2D eigenvalue weighted by Gasteiger charge is 2.20. The lowest BCUT2D eigenvalue weighted by molar-refractivity contribution is 0.0603. The van der Waals surface area contributed by atoms with Gasteiger partial charge in [0.2, 0.25) is 0 Å². The quantitative estimate of drug-likeness (QED) is 0.696. The summed E-state index contributed by atoms with van der Waals surface area (Å²) in [7, 11) is 3.08. The van der Waals surface area contributed by atoms with Crippen LogP contribution in [0.3, 0.4) is 0 Å². The van der Waals surface area contributed by atoms with E-state index in [0.29, 0.717) is 21.7 Å². The van der Waals surface area contributed by atoms with Crippen LogP contribution in [0.1, 0.15) is 10.4 Å². The Balaban J connectivity index is 2.83. The Morgan fingerprint density at radius 2 is 2.33 bits per heavy atom. The molecule has 4 nitrogen and oxygen atoms in total. The molecule has 0 saturated carbocycles. The van der Waals surface area contributed by atoms with Crippen molar-refractivity contribution in [1.29, 1.82) is 0 Å². The van der Waals surface area contributed by atoms with Crippen LogP contribution in [-0.4, -0.2) is 22.6 Å². The number of pyridine rings is 1. The lowest BCUT2D eigenvalue weighted by Gasteiger charge is -1.97. The number of halogens is 1. The molecule has 0 saturated heterocycles. The van der Waals surface area contributed by atoms with Crippen molar-refractivity contribution in [2.75, 3.05) is 7.11 Å². The molecule has 0 aromatic carbocycles. The van der Waals surface area contributed by atoms with Gasteiger partial charge in [-0.2, -0.15) is 0 Å². The molecule has 2 aromatic rings. The molecule has 0 atom stereocenters. The van der Waals surface area contributed by atoms with Gasteiger partial charge in [0, 0.05) is 18.6 Å². The minimum atomic E-state index is -0.446. The molecule has 2 heterocycles. The summed E-state index contributed by atoms with van der Waals surface area (Å²) in [6.07, 6.45) is 1.65. The van der Waals surface area contributed by atoms with Crippen LogP contribution >= 0.6 is 11.6 Å². The summed E-state index contributed by atoms with van der Waals surface area (Å²) in [6.45, 7) is 0. The highest BCUT2D eigenvalue weighted by Crippen LogP contribution is 2.27. The van der Waals surface area contributed by atoms with Gasteiger partial charge in [0.1, 0.15) is 16.4 Å². The molecule has 0 aliphatic carbocycles. The van der Waals surface area contributed by atoms with Gasteiger partial charge in [-0.1, -0.05) is 11.6 Å². The molecular formula is C10H9ClN2O2. The standard InChI is InChI=1S/C10H9ClN2O2/c1-13-8(11)7(10(14)15-2)6-4-3-5-12-9(6)13/h3-5H,1-2H3. The van der Waals surface area contributed by atoms with Crippen LogP contribution in [-0.2, 0) is 11.8 Å². The Kier molecular flexibility index (Phi) is 2.36. The number of carbonyl (C=O) groups excluding carboxylic acids is 1. The third-order valence-electron chi connectivity index (χ3n) is 2.26. The van der Waals surface area contributed by atoms with Crippen LogP contribution in [0.25, 0.3) is 11.0 Å². The van der Waals surface area contributed by atoms with Gasteiger partial charge < -0.3 is 9.30 Å². The summed E-state index contributed by atoms with van der Waals surface area (Å²) >= 11 is 6.03. The number of ether oxygens (including phenoxy) is 1. The van der Waals surface area contributed by atoms with Crippen LogP contribution < -0.4 is 0 Å². The van der Waals surface area contributed by atoms with E-state index in [9.17, 15) is 4.79 Å². The monoisotopic (exact) mass is 224 g/mol. The molecule has 15 heavy (non-hydrogen) atoms. The highest BCUT2D eigenvalue weighted by molar-refractivity contribution is 6.35. The fraction of sp³-hybridized carbons (Fsp3) is 0.200. The maximum Gasteiger partial charge on any atom is 0.341 e. The second-order valence-electron chi connectivity index (χ2n) is 3.09. The van der Waals surface area contributed by atoms with Crippen LogP contribution in [0.2, 0.25) is 5.15 Å². The number of esters is 1. The Bertz CT molecular complexity index is 533. The molecule has 0 amide bonds. The van der Waals surface area contributed by atoms with Crippen molar-refractivity contribution in [2.45, 2.75) is 0 Å². The zero-order valence-electron chi connectivity index (χ0n) is 8.32. The lowest BCUT2D eigenvalue weighted by Crippen LogP contribution is -2.01. The number of rotatable bonds is 1. The van der Waals surface area contributed by atoms with Gasteiger partial charge in [-0.15, -0.1) is 0 Å². The van der Waals surface area contributed by atoms with E-state index in [4.69, 9.17) is 11.6 Å². The van der Waals surface area contributed by atoms with Crippen LogP contribution in [0.15, 0.2) is 18.3 Å². The predicted octanol–water partition coefficient (Wildman–Crippen LogP) is 2.01. The number of hydrogen-bond donors (Lipinski definition) is 0. The topological polar surface area (TPSA) is 44.1 Å². The summed E-state index contributed by atoms with van der Waals surface area (Å²) in [5, 5.41) is 1.05. The molecule has 0 aliphatic heterocycles. The van der Waals surface area contributed by atoms with Crippen molar-refractivity contribution in [3.8, 4) is 0 Å². The van der Waals surface area contributed by atoms with Crippen molar-refractivity contribution in [1.82, 2.24) is 9.55 Å². The largest absolute Gasteiger partial charge is 0.465 e. The van der Waals surface area contributed by atoms with Gasteiger partial charge >= 0.3 is 5.97 Å². The number of methoxy groups -OCH3 is 1. The number of hydrogen-bond acceptors (Lipinski definition) is 3. The lowest BCUT2D eigenvalue weighted by atomic mass is 10.2. The molecule has 0 aliphatic rings. The van der Waals surface area contributed by atoms with Crippen LogP contribution in [0.4, 0.5) is 0 Å². The zero-order chi connectivity index (χ0) is 11.0. The maximum absolute atomic E-state index is 11.5. The Morgan fingerprint density at radius 3 is 3.00 bits per heavy atom. The Morgan fingerprint density at radius 1 is 1.60 bits per heavy atom. The number of aryl methyl sites for hydroxylation is 1. The van der Waals surface area contributed by atoms with Crippen molar-refractivity contribution >= 4 is 28.6 Å². The van der Waals surface area contributed by atoms with Crippen LogP contribution in [0.5, 0.6) is 0 Å². The zero-order valence-corrected chi connectivity index (χ0v) is 9.08. The van der Waals surface area contributed by atoms with E-state index >= 15 is 0 Å². The van der Waals surface area contributed by atoms with E-state index in [1.165, 1.54) is 7.11 Å². The molecule has 2 rings (SSSR count). The average molecular weight is 225 g/mol. The smallest absolute Gasteiger partial charge is 0.341 e. The van der Waals surface area contributed by atoms with Crippen molar-refractivity contribution in [2.24, 2.45) is 7.05 Å². The molecule has 0 unspecified atom stereocenters. The first-order chi connectivity index (χ1) is 7.16. The third kappa shape index (κ3) is 1.37. The Labute approximate surface area is 91.4 Å². The van der Waals surface area contributed by atoms with E-state index in [0.717, 1.165) is 0 Å². The molecule has 0 fully saturated rings. The van der Waals surface area contributed by atoms with Gasteiger partial charge in [-0.3, -0.25) is 0 Å². The molecule has 78 valence electrons. The summed E-state index contributed by atoms with van der Waals surface area (Å²) in [5.41, 5.74) is 1.03. The summed E-state index contributed by atoms with van der Waals surface area (Å²) in [6, 6.07) is 3.55. The minimum absolute atomic E-state index is 0.343. The van der Waals surface area contributed by atoms with E-state index in [1.54, 1.807) is 29.9 Å². The molecule has 2 aromatic heterocycles. The fourth-order valence-corrected chi connectivity index (χ4v) is 1.79. The first-order valence-corrected chi connectivity index (χ1v) is 4.72.